The molecule has 1 N–H and O–H groups in total. The highest BCUT2D eigenvalue weighted by atomic mass is 32.1. The number of nitrogens with one attached hydrogen (secondary N) is 1. The summed E-state index contributed by atoms with van der Waals surface area (Å²) in [6, 6.07) is 3.57. The first-order valence-electron chi connectivity index (χ1n) is 5.32. The molecule has 0 amide bonds. The van der Waals surface area contributed by atoms with Gasteiger partial charge >= 0.3 is 5.97 Å². The Morgan fingerprint density at radius 1 is 1.42 bits per heavy atom. The van der Waals surface area contributed by atoms with Crippen molar-refractivity contribution < 1.29 is 18.3 Å². The Hall–Kier alpha value is -2.02. The third kappa shape index (κ3) is 3.25. The maximum Gasteiger partial charge on any atom is 0.311 e. The van der Waals surface area contributed by atoms with Crippen LogP contribution in [-0.2, 0) is 16.0 Å². The number of carbonyl (C=O) groups excluding carboxylic acids is 1. The third-order valence-electron chi connectivity index (χ3n) is 2.30. The minimum atomic E-state index is -0.704. The van der Waals surface area contributed by atoms with Gasteiger partial charge in [0.05, 0.1) is 19.2 Å². The van der Waals surface area contributed by atoms with E-state index in [1.54, 1.807) is 5.38 Å². The first-order valence-corrected chi connectivity index (χ1v) is 6.20. The Balaban J connectivity index is 2.14. The molecule has 0 saturated heterocycles. The lowest BCUT2D eigenvalue weighted by Gasteiger charge is -2.04. The van der Waals surface area contributed by atoms with E-state index in [-0.39, 0.29) is 12.1 Å². The van der Waals surface area contributed by atoms with Crippen molar-refractivity contribution in [2.45, 2.75) is 6.42 Å². The van der Waals surface area contributed by atoms with Crippen molar-refractivity contribution in [1.82, 2.24) is 4.98 Å². The van der Waals surface area contributed by atoms with Crippen molar-refractivity contribution in [3.05, 3.63) is 40.9 Å². The topological polar surface area (TPSA) is 51.2 Å². The lowest BCUT2D eigenvalue weighted by atomic mass is 10.3. The van der Waals surface area contributed by atoms with Gasteiger partial charge in [0, 0.05) is 5.38 Å². The first-order chi connectivity index (χ1) is 9.10. The number of thiazole rings is 1. The standard InChI is InChI=1S/C12H10F2N2O2S/c1-18-10(17)5-7-6-19-12(15-7)16-11-8(13)3-2-4-9(11)14/h2-4,6H,5H2,1H3,(H,15,16). The Morgan fingerprint density at radius 3 is 2.74 bits per heavy atom. The Morgan fingerprint density at radius 2 is 2.11 bits per heavy atom. The summed E-state index contributed by atoms with van der Waals surface area (Å²) < 4.78 is 31.3. The van der Waals surface area contributed by atoms with Crippen LogP contribution < -0.4 is 5.32 Å². The Labute approximate surface area is 112 Å². The maximum atomic E-state index is 13.4. The smallest absolute Gasteiger partial charge is 0.311 e. The highest BCUT2D eigenvalue weighted by Gasteiger charge is 2.12. The summed E-state index contributed by atoms with van der Waals surface area (Å²) in [5.41, 5.74) is 0.220. The molecule has 0 bridgehead atoms. The number of nitrogens with zero attached hydrogens (tertiary/aromatic N) is 1. The molecule has 4 nitrogen and oxygen atoms in total. The van der Waals surface area contributed by atoms with E-state index in [1.165, 1.54) is 13.2 Å². The van der Waals surface area contributed by atoms with E-state index >= 15 is 0 Å². The zero-order chi connectivity index (χ0) is 13.8. The predicted octanol–water partition coefficient (Wildman–Crippen LogP) is 2.88. The van der Waals surface area contributed by atoms with Crippen LogP contribution in [0.2, 0.25) is 0 Å². The largest absolute Gasteiger partial charge is 0.469 e. The van der Waals surface area contributed by atoms with Gasteiger partial charge in [-0.15, -0.1) is 11.3 Å². The molecule has 0 aliphatic carbocycles. The number of carbonyl (C=O) groups is 1. The molecule has 7 heteroatoms. The van der Waals surface area contributed by atoms with Crippen LogP contribution in [-0.4, -0.2) is 18.1 Å². The summed E-state index contributed by atoms with van der Waals surface area (Å²) >= 11 is 1.15. The number of para-hydroxylation sites is 1. The van der Waals surface area contributed by atoms with Crippen molar-refractivity contribution in [3.8, 4) is 0 Å². The number of methoxy groups -OCH3 is 1. The van der Waals surface area contributed by atoms with E-state index in [2.05, 4.69) is 15.0 Å². The van der Waals surface area contributed by atoms with Gasteiger partial charge in [-0.05, 0) is 12.1 Å². The predicted molar refractivity (Wildman–Crippen MR) is 67.5 cm³/mol. The average molecular weight is 284 g/mol. The summed E-state index contributed by atoms with van der Waals surface area (Å²) in [7, 11) is 1.28. The van der Waals surface area contributed by atoms with Crippen LogP contribution in [0.15, 0.2) is 23.6 Å². The molecule has 2 aromatic rings. The van der Waals surface area contributed by atoms with Crippen molar-refractivity contribution in [2.24, 2.45) is 0 Å². The lowest BCUT2D eigenvalue weighted by Crippen LogP contribution is -2.04. The van der Waals surface area contributed by atoms with Gasteiger partial charge in [-0.1, -0.05) is 6.07 Å². The second-order valence-corrected chi connectivity index (χ2v) is 4.48. The molecule has 0 spiro atoms. The van der Waals surface area contributed by atoms with Gasteiger partial charge in [-0.2, -0.15) is 0 Å². The summed E-state index contributed by atoms with van der Waals surface area (Å²) in [6.07, 6.45) is 0.0223. The molecule has 1 aromatic carbocycles. The van der Waals surface area contributed by atoms with Crippen LogP contribution in [0.4, 0.5) is 19.6 Å². The van der Waals surface area contributed by atoms with Gasteiger partial charge in [0.15, 0.2) is 5.13 Å². The van der Waals surface area contributed by atoms with E-state index in [0.29, 0.717) is 10.8 Å². The van der Waals surface area contributed by atoms with Crippen molar-refractivity contribution in [2.75, 3.05) is 12.4 Å². The number of aromatic nitrogens is 1. The fourth-order valence-electron chi connectivity index (χ4n) is 1.39. The number of rotatable bonds is 4. The number of benzene rings is 1. The Kier molecular flexibility index (Phi) is 4.06. The van der Waals surface area contributed by atoms with E-state index in [1.807, 2.05) is 0 Å². The number of ether oxygens (including phenoxy) is 1. The minimum absolute atomic E-state index is 0.0223. The molecular formula is C12H10F2N2O2S. The van der Waals surface area contributed by atoms with Crippen LogP contribution in [0.1, 0.15) is 5.69 Å². The van der Waals surface area contributed by atoms with Gasteiger partial charge in [0.25, 0.3) is 0 Å². The van der Waals surface area contributed by atoms with Crippen LogP contribution in [0, 0.1) is 11.6 Å². The highest BCUT2D eigenvalue weighted by Crippen LogP contribution is 2.25. The first kappa shape index (κ1) is 13.4. The van der Waals surface area contributed by atoms with Gasteiger partial charge in [0.2, 0.25) is 0 Å². The number of halogens is 2. The number of hydrogen-bond donors (Lipinski definition) is 1. The quantitative estimate of drug-likeness (QED) is 0.877. The molecule has 100 valence electrons. The summed E-state index contributed by atoms with van der Waals surface area (Å²) in [6.45, 7) is 0. The summed E-state index contributed by atoms with van der Waals surface area (Å²) in [4.78, 5) is 15.1. The second-order valence-electron chi connectivity index (χ2n) is 3.62. The maximum absolute atomic E-state index is 13.4. The van der Waals surface area contributed by atoms with Crippen LogP contribution in [0.25, 0.3) is 0 Å². The van der Waals surface area contributed by atoms with Crippen molar-refractivity contribution >= 4 is 28.1 Å². The zero-order valence-electron chi connectivity index (χ0n) is 9.94. The van der Waals surface area contributed by atoms with E-state index < -0.39 is 17.6 Å². The Bertz CT molecular complexity index is 581. The van der Waals surface area contributed by atoms with E-state index in [9.17, 15) is 13.6 Å². The molecule has 0 saturated carbocycles. The lowest BCUT2D eigenvalue weighted by molar-refractivity contribution is -0.139. The summed E-state index contributed by atoms with van der Waals surface area (Å²) in [5, 5.41) is 4.49. The average Bonchev–Trinajstić information content (AvgIpc) is 2.81. The molecule has 0 radical (unpaired) electrons. The van der Waals surface area contributed by atoms with Crippen molar-refractivity contribution in [3.63, 3.8) is 0 Å². The molecule has 0 aliphatic rings. The normalized spacial score (nSPS) is 10.3. The monoisotopic (exact) mass is 284 g/mol. The molecule has 19 heavy (non-hydrogen) atoms. The fourth-order valence-corrected chi connectivity index (χ4v) is 2.10. The molecule has 0 aliphatic heterocycles. The van der Waals surface area contributed by atoms with Crippen LogP contribution in [0.5, 0.6) is 0 Å². The number of anilines is 2. The fraction of sp³-hybridized carbons (Fsp3) is 0.167. The van der Waals surface area contributed by atoms with Gasteiger partial charge in [-0.3, -0.25) is 4.79 Å². The molecule has 0 atom stereocenters. The van der Waals surface area contributed by atoms with E-state index in [4.69, 9.17) is 0 Å². The van der Waals surface area contributed by atoms with Gasteiger partial charge in [-0.25, -0.2) is 13.8 Å². The SMILES string of the molecule is COC(=O)Cc1csc(Nc2c(F)cccc2F)n1. The van der Waals surface area contributed by atoms with Crippen LogP contribution in [0.3, 0.4) is 0 Å². The molecule has 1 aromatic heterocycles. The number of esters is 1. The van der Waals surface area contributed by atoms with Crippen molar-refractivity contribution in [1.29, 1.82) is 0 Å². The van der Waals surface area contributed by atoms with Crippen LogP contribution >= 0.6 is 11.3 Å². The molecule has 0 unspecified atom stereocenters. The summed E-state index contributed by atoms with van der Waals surface area (Å²) in [5.74, 6) is -1.83. The zero-order valence-corrected chi connectivity index (χ0v) is 10.8. The minimum Gasteiger partial charge on any atom is -0.469 e. The molecule has 1 heterocycles. The highest BCUT2D eigenvalue weighted by molar-refractivity contribution is 7.13. The van der Waals surface area contributed by atoms with E-state index in [0.717, 1.165) is 23.5 Å². The molecular weight excluding hydrogens is 274 g/mol. The van der Waals surface area contributed by atoms with Gasteiger partial charge < -0.3 is 10.1 Å². The molecule has 2 rings (SSSR count). The molecule has 0 fully saturated rings. The number of hydrogen-bond acceptors (Lipinski definition) is 5. The second kappa shape index (κ2) is 5.75. The van der Waals surface area contributed by atoms with Gasteiger partial charge in [0.1, 0.15) is 17.3 Å². The third-order valence-corrected chi connectivity index (χ3v) is 3.11.